The quantitative estimate of drug-likeness (QED) is 0.206. The van der Waals surface area contributed by atoms with E-state index < -0.39 is 4.92 Å². The highest BCUT2D eigenvalue weighted by atomic mass is 127. The van der Waals surface area contributed by atoms with Crippen molar-refractivity contribution in [2.24, 2.45) is 10.7 Å². The topological polar surface area (TPSA) is 93.5 Å². The number of rotatable bonds is 5. The number of non-ortho nitro benzene ring substituents is 1. The van der Waals surface area contributed by atoms with Gasteiger partial charge in [0.05, 0.1) is 11.5 Å². The van der Waals surface area contributed by atoms with E-state index >= 15 is 0 Å². The van der Waals surface area contributed by atoms with E-state index in [0.29, 0.717) is 19.0 Å². The molecular weight excluding hydrogens is 359 g/mol. The largest absolute Gasteiger partial charge is 0.370 e. The predicted octanol–water partition coefficient (Wildman–Crippen LogP) is 2.19. The lowest BCUT2D eigenvalue weighted by molar-refractivity contribution is -0.384. The summed E-state index contributed by atoms with van der Waals surface area (Å²) in [6.45, 7) is 6.58. The number of nitro benzene ring substituents is 1. The van der Waals surface area contributed by atoms with E-state index in [0.717, 1.165) is 11.1 Å². The van der Waals surface area contributed by atoms with Crippen LogP contribution in [-0.4, -0.2) is 17.4 Å². The Hall–Kier alpha value is -1.64. The van der Waals surface area contributed by atoms with Gasteiger partial charge in [-0.05, 0) is 12.5 Å². The van der Waals surface area contributed by atoms with E-state index in [1.54, 1.807) is 12.1 Å². The molecule has 1 aromatic carbocycles. The highest BCUT2D eigenvalue weighted by Crippen LogP contribution is 2.12. The van der Waals surface area contributed by atoms with Crippen LogP contribution in [0.3, 0.4) is 0 Å². The predicted molar refractivity (Wildman–Crippen MR) is 86.7 cm³/mol. The number of halogens is 1. The van der Waals surface area contributed by atoms with Crippen molar-refractivity contribution in [1.29, 1.82) is 0 Å². The number of aliphatic imine (C=N–C) groups is 1. The molecule has 7 heteroatoms. The summed E-state index contributed by atoms with van der Waals surface area (Å²) in [6, 6.07) is 6.21. The summed E-state index contributed by atoms with van der Waals surface area (Å²) in [5, 5.41) is 13.4. The molecule has 104 valence electrons. The minimum absolute atomic E-state index is 0. The lowest BCUT2D eigenvalue weighted by atomic mass is 10.2. The van der Waals surface area contributed by atoms with Gasteiger partial charge < -0.3 is 11.1 Å². The lowest BCUT2D eigenvalue weighted by Crippen LogP contribution is -2.32. The fraction of sp³-hybridized carbons (Fsp3) is 0.250. The average Bonchev–Trinajstić information content (AvgIpc) is 2.34. The van der Waals surface area contributed by atoms with Gasteiger partial charge in [-0.1, -0.05) is 24.3 Å². The van der Waals surface area contributed by atoms with Gasteiger partial charge in [0, 0.05) is 18.7 Å². The van der Waals surface area contributed by atoms with Crippen molar-refractivity contribution in [2.45, 2.75) is 13.5 Å². The fourth-order valence-electron chi connectivity index (χ4n) is 1.20. The molecule has 1 aromatic rings. The van der Waals surface area contributed by atoms with Crippen LogP contribution in [0.5, 0.6) is 0 Å². The first-order chi connectivity index (χ1) is 8.49. The third kappa shape index (κ3) is 6.75. The zero-order valence-corrected chi connectivity index (χ0v) is 13.0. The summed E-state index contributed by atoms with van der Waals surface area (Å²) in [5.41, 5.74) is 7.53. The zero-order valence-electron chi connectivity index (χ0n) is 10.6. The van der Waals surface area contributed by atoms with Gasteiger partial charge in [-0.2, -0.15) is 0 Å². The van der Waals surface area contributed by atoms with Crippen LogP contribution in [0.25, 0.3) is 0 Å². The second-order valence-corrected chi connectivity index (χ2v) is 3.94. The van der Waals surface area contributed by atoms with Gasteiger partial charge >= 0.3 is 0 Å². The van der Waals surface area contributed by atoms with Gasteiger partial charge in [-0.25, -0.2) is 4.99 Å². The number of benzene rings is 1. The maximum Gasteiger partial charge on any atom is 0.269 e. The minimum atomic E-state index is -0.435. The van der Waals surface area contributed by atoms with Crippen molar-refractivity contribution in [3.63, 3.8) is 0 Å². The molecule has 19 heavy (non-hydrogen) atoms. The number of nitrogens with two attached hydrogens (primary N) is 1. The van der Waals surface area contributed by atoms with Crippen molar-refractivity contribution in [1.82, 2.24) is 5.32 Å². The molecule has 0 unspecified atom stereocenters. The first kappa shape index (κ1) is 17.4. The van der Waals surface area contributed by atoms with Crippen LogP contribution in [0.4, 0.5) is 5.69 Å². The van der Waals surface area contributed by atoms with E-state index in [-0.39, 0.29) is 29.7 Å². The number of nitrogens with zero attached hydrogens (tertiary/aromatic N) is 2. The third-order valence-electron chi connectivity index (χ3n) is 2.15. The van der Waals surface area contributed by atoms with Crippen LogP contribution in [-0.2, 0) is 6.54 Å². The van der Waals surface area contributed by atoms with Crippen molar-refractivity contribution < 1.29 is 4.92 Å². The Morgan fingerprint density at radius 1 is 1.47 bits per heavy atom. The number of nitro groups is 1. The van der Waals surface area contributed by atoms with Gasteiger partial charge in [0.1, 0.15) is 0 Å². The molecule has 0 saturated heterocycles. The molecule has 0 bridgehead atoms. The molecular formula is C12H17IN4O2. The molecule has 0 aliphatic rings. The average molecular weight is 376 g/mol. The van der Waals surface area contributed by atoms with E-state index in [4.69, 9.17) is 5.73 Å². The highest BCUT2D eigenvalue weighted by Gasteiger charge is 2.03. The van der Waals surface area contributed by atoms with E-state index in [1.807, 2.05) is 6.92 Å². The van der Waals surface area contributed by atoms with Crippen molar-refractivity contribution in [2.75, 3.05) is 6.54 Å². The molecule has 0 spiro atoms. The monoisotopic (exact) mass is 376 g/mol. The van der Waals surface area contributed by atoms with Gasteiger partial charge in [0.2, 0.25) is 0 Å². The molecule has 0 aliphatic heterocycles. The van der Waals surface area contributed by atoms with Gasteiger partial charge in [0.15, 0.2) is 5.96 Å². The van der Waals surface area contributed by atoms with E-state index in [2.05, 4.69) is 16.9 Å². The minimum Gasteiger partial charge on any atom is -0.370 e. The van der Waals surface area contributed by atoms with Crippen LogP contribution in [0.1, 0.15) is 12.5 Å². The van der Waals surface area contributed by atoms with Crippen LogP contribution < -0.4 is 11.1 Å². The maximum atomic E-state index is 10.5. The third-order valence-corrected chi connectivity index (χ3v) is 2.15. The molecule has 0 fully saturated rings. The summed E-state index contributed by atoms with van der Waals surface area (Å²) in [5.74, 6) is 0.330. The summed E-state index contributed by atoms with van der Waals surface area (Å²) in [7, 11) is 0. The van der Waals surface area contributed by atoms with E-state index in [1.165, 1.54) is 12.1 Å². The first-order valence-corrected chi connectivity index (χ1v) is 5.40. The van der Waals surface area contributed by atoms with Crippen molar-refractivity contribution in [3.8, 4) is 0 Å². The Balaban J connectivity index is 0.00000324. The molecule has 0 saturated carbocycles. The van der Waals surface area contributed by atoms with Gasteiger partial charge in [-0.15, -0.1) is 24.0 Å². The first-order valence-electron chi connectivity index (χ1n) is 5.40. The number of hydrogen-bond donors (Lipinski definition) is 2. The number of guanidine groups is 1. The van der Waals surface area contributed by atoms with Gasteiger partial charge in [-0.3, -0.25) is 10.1 Å². The summed E-state index contributed by atoms with van der Waals surface area (Å²) >= 11 is 0. The Morgan fingerprint density at radius 3 is 2.53 bits per heavy atom. The van der Waals surface area contributed by atoms with Crippen molar-refractivity contribution in [3.05, 3.63) is 52.1 Å². The lowest BCUT2D eigenvalue weighted by Gasteiger charge is -2.04. The van der Waals surface area contributed by atoms with Crippen LogP contribution in [0, 0.1) is 10.1 Å². The fourth-order valence-corrected chi connectivity index (χ4v) is 1.20. The number of hydrogen-bond acceptors (Lipinski definition) is 3. The zero-order chi connectivity index (χ0) is 13.5. The molecule has 3 N–H and O–H groups in total. The second kappa shape index (κ2) is 8.46. The van der Waals surface area contributed by atoms with Crippen LogP contribution in [0.15, 0.2) is 41.4 Å². The summed E-state index contributed by atoms with van der Waals surface area (Å²) < 4.78 is 0. The molecule has 0 amide bonds. The SMILES string of the molecule is C=C(C)CNC(N)=NCc1ccc([N+](=O)[O-])cc1.I. The Labute approximate surface area is 129 Å². The molecule has 6 nitrogen and oxygen atoms in total. The van der Waals surface area contributed by atoms with Crippen LogP contribution in [0.2, 0.25) is 0 Å². The Kier molecular flexibility index (Phi) is 7.73. The standard InChI is InChI=1S/C12H16N4O2.HI/c1-9(2)7-14-12(13)15-8-10-3-5-11(6-4-10)16(17)18;/h3-6H,1,7-8H2,2H3,(H3,13,14,15);1H. The molecule has 0 aliphatic carbocycles. The van der Waals surface area contributed by atoms with E-state index in [9.17, 15) is 10.1 Å². The molecule has 0 radical (unpaired) electrons. The summed E-state index contributed by atoms with van der Waals surface area (Å²) in [6.07, 6.45) is 0. The highest BCUT2D eigenvalue weighted by molar-refractivity contribution is 14.0. The Bertz CT molecular complexity index is 471. The van der Waals surface area contributed by atoms with Crippen LogP contribution >= 0.6 is 24.0 Å². The molecule has 0 aromatic heterocycles. The smallest absolute Gasteiger partial charge is 0.269 e. The second-order valence-electron chi connectivity index (χ2n) is 3.94. The summed E-state index contributed by atoms with van der Waals surface area (Å²) in [4.78, 5) is 14.1. The molecule has 0 heterocycles. The number of nitrogens with one attached hydrogen (secondary N) is 1. The Morgan fingerprint density at radius 2 is 2.05 bits per heavy atom. The van der Waals surface area contributed by atoms with Gasteiger partial charge in [0.25, 0.3) is 5.69 Å². The molecule has 0 atom stereocenters. The maximum absolute atomic E-state index is 10.5. The molecule has 1 rings (SSSR count). The normalized spacial score (nSPS) is 10.5. The van der Waals surface area contributed by atoms with Crippen molar-refractivity contribution >= 4 is 35.6 Å².